The van der Waals surface area contributed by atoms with Crippen molar-refractivity contribution in [1.82, 2.24) is 0 Å². The first-order chi connectivity index (χ1) is 22.1. The van der Waals surface area contributed by atoms with E-state index in [9.17, 15) is 15.0 Å². The third-order valence-corrected chi connectivity index (χ3v) is 8.58. The quantitative estimate of drug-likeness (QED) is 0.166. The summed E-state index contributed by atoms with van der Waals surface area (Å²) in [7, 11) is 0. The standard InChI is InChI=1S/C38H34N2O5.CH4/c41-21-19-39(25-27-9-3-1-4-10-27)29-15-17-33-35(23-29)44-36-24-30(40(20-22-42)26-28-11-5-2-6-12-28)16-18-34(36)38(33)32-14-8-7-13-31(32)37(43)45-38;/h1-18,23-24,41-42H,19-22,25-26H2;1H4. The number of carbonyl (C=O) groups is 1. The molecule has 0 amide bonds. The SMILES string of the molecule is C.O=C1OC2(c3ccc(N(CCO)Cc4ccccc4)cc3Oc3cc(N(CCO)Cc4ccccc4)ccc32)c2ccccc21. The van der Waals surface area contributed by atoms with Crippen molar-refractivity contribution < 1.29 is 24.5 Å². The van der Waals surface area contributed by atoms with Crippen molar-refractivity contribution in [3.05, 3.63) is 155 Å². The summed E-state index contributed by atoms with van der Waals surface area (Å²) < 4.78 is 13.1. The van der Waals surface area contributed by atoms with Gasteiger partial charge in [-0.15, -0.1) is 0 Å². The number of fused-ring (bicyclic) bond motifs is 6. The summed E-state index contributed by atoms with van der Waals surface area (Å²) in [5.41, 5.74) is 5.60. The minimum atomic E-state index is -1.18. The zero-order valence-corrected chi connectivity index (χ0v) is 24.8. The number of carbonyl (C=O) groups excluding carboxylic acids is 1. The lowest BCUT2D eigenvalue weighted by Crippen LogP contribution is -2.34. The lowest BCUT2D eigenvalue weighted by atomic mass is 9.77. The van der Waals surface area contributed by atoms with Crippen LogP contribution in [0, 0.1) is 0 Å². The van der Waals surface area contributed by atoms with Crippen molar-refractivity contribution in [2.45, 2.75) is 26.1 Å². The molecule has 7 rings (SSSR count). The molecule has 2 heterocycles. The first-order valence-electron chi connectivity index (χ1n) is 15.2. The average molecular weight is 615 g/mol. The Morgan fingerprint density at radius 3 is 1.57 bits per heavy atom. The van der Waals surface area contributed by atoms with Crippen LogP contribution < -0.4 is 14.5 Å². The molecule has 5 aromatic carbocycles. The van der Waals surface area contributed by atoms with Crippen LogP contribution >= 0.6 is 0 Å². The van der Waals surface area contributed by atoms with E-state index in [-0.39, 0.29) is 26.6 Å². The van der Waals surface area contributed by atoms with Crippen LogP contribution in [0.4, 0.5) is 11.4 Å². The summed E-state index contributed by atoms with van der Waals surface area (Å²) in [5.74, 6) is 0.776. The lowest BCUT2D eigenvalue weighted by molar-refractivity contribution is 0.0224. The number of aliphatic hydroxyl groups is 2. The van der Waals surface area contributed by atoms with Crippen molar-refractivity contribution in [3.63, 3.8) is 0 Å². The summed E-state index contributed by atoms with van der Waals surface area (Å²) in [4.78, 5) is 17.6. The fraction of sp³-hybridized carbons (Fsp3) is 0.205. The smallest absolute Gasteiger partial charge is 0.340 e. The van der Waals surface area contributed by atoms with Gasteiger partial charge in [0.15, 0.2) is 5.60 Å². The molecule has 7 nitrogen and oxygen atoms in total. The van der Waals surface area contributed by atoms with E-state index in [4.69, 9.17) is 9.47 Å². The fourth-order valence-corrected chi connectivity index (χ4v) is 6.49. The number of rotatable bonds is 10. The minimum absolute atomic E-state index is 0. The summed E-state index contributed by atoms with van der Waals surface area (Å²) in [6.07, 6.45) is 0. The fourth-order valence-electron chi connectivity index (χ4n) is 6.49. The molecule has 1 spiro atoms. The highest BCUT2D eigenvalue weighted by Crippen LogP contribution is 2.57. The maximum Gasteiger partial charge on any atom is 0.340 e. The Kier molecular flexibility index (Phi) is 8.79. The van der Waals surface area contributed by atoms with E-state index < -0.39 is 5.60 Å². The molecule has 0 saturated carbocycles. The first-order valence-corrected chi connectivity index (χ1v) is 15.2. The van der Waals surface area contributed by atoms with Gasteiger partial charge in [0.25, 0.3) is 0 Å². The molecule has 0 fully saturated rings. The van der Waals surface area contributed by atoms with E-state index in [1.807, 2.05) is 91.0 Å². The number of hydrogen-bond donors (Lipinski definition) is 2. The second kappa shape index (κ2) is 13.1. The van der Waals surface area contributed by atoms with Crippen LogP contribution in [0.2, 0.25) is 0 Å². The Labute approximate surface area is 269 Å². The molecule has 0 bridgehead atoms. The predicted octanol–water partition coefficient (Wildman–Crippen LogP) is 6.89. The van der Waals surface area contributed by atoms with Crippen LogP contribution in [0.15, 0.2) is 121 Å². The number of aliphatic hydroxyl groups excluding tert-OH is 2. The van der Waals surface area contributed by atoms with Gasteiger partial charge in [-0.2, -0.15) is 0 Å². The molecule has 0 saturated heterocycles. The molecular weight excluding hydrogens is 576 g/mol. The molecule has 234 valence electrons. The van der Waals surface area contributed by atoms with Crippen molar-refractivity contribution >= 4 is 17.3 Å². The van der Waals surface area contributed by atoms with Crippen molar-refractivity contribution in [1.29, 1.82) is 0 Å². The zero-order valence-electron chi connectivity index (χ0n) is 24.8. The second-order valence-electron chi connectivity index (χ2n) is 11.3. The third kappa shape index (κ3) is 5.49. The number of esters is 1. The minimum Gasteiger partial charge on any atom is -0.456 e. The molecular formula is C39H38N2O5. The highest BCUT2D eigenvalue weighted by atomic mass is 16.6. The van der Waals surface area contributed by atoms with E-state index >= 15 is 0 Å². The van der Waals surface area contributed by atoms with Crippen LogP contribution in [-0.2, 0) is 23.4 Å². The maximum atomic E-state index is 13.4. The highest BCUT2D eigenvalue weighted by molar-refractivity contribution is 5.97. The number of anilines is 2. The second-order valence-corrected chi connectivity index (χ2v) is 11.3. The van der Waals surface area contributed by atoms with E-state index in [0.717, 1.165) is 39.2 Å². The van der Waals surface area contributed by atoms with Gasteiger partial charge in [-0.3, -0.25) is 0 Å². The lowest BCUT2D eigenvalue weighted by Gasteiger charge is -2.38. The van der Waals surface area contributed by atoms with Crippen molar-refractivity contribution in [2.75, 3.05) is 36.1 Å². The molecule has 5 aromatic rings. The predicted molar refractivity (Wildman–Crippen MR) is 181 cm³/mol. The zero-order chi connectivity index (χ0) is 30.8. The summed E-state index contributed by atoms with van der Waals surface area (Å²) >= 11 is 0. The van der Waals surface area contributed by atoms with Gasteiger partial charge in [-0.1, -0.05) is 86.3 Å². The molecule has 46 heavy (non-hydrogen) atoms. The van der Waals surface area contributed by atoms with E-state index in [0.29, 0.717) is 43.2 Å². The van der Waals surface area contributed by atoms with Crippen molar-refractivity contribution in [2.24, 2.45) is 0 Å². The Bertz CT molecular complexity index is 1720. The van der Waals surface area contributed by atoms with E-state index in [2.05, 4.69) is 34.1 Å². The average Bonchev–Trinajstić information content (AvgIpc) is 3.37. The molecule has 2 aliphatic rings. The van der Waals surface area contributed by atoms with Crippen LogP contribution in [0.3, 0.4) is 0 Å². The molecule has 0 radical (unpaired) electrons. The molecule has 0 unspecified atom stereocenters. The molecule has 2 aliphatic heterocycles. The van der Waals surface area contributed by atoms with Gasteiger partial charge in [0.2, 0.25) is 0 Å². The normalized spacial score (nSPS) is 13.5. The third-order valence-electron chi connectivity index (χ3n) is 8.58. The number of benzene rings is 5. The van der Waals surface area contributed by atoms with Gasteiger partial charge in [0.05, 0.1) is 18.8 Å². The van der Waals surface area contributed by atoms with Gasteiger partial charge in [0, 0.05) is 66.4 Å². The van der Waals surface area contributed by atoms with Crippen LogP contribution in [0.25, 0.3) is 0 Å². The molecule has 7 heteroatoms. The van der Waals surface area contributed by atoms with E-state index in [1.54, 1.807) is 6.07 Å². The molecule has 2 N–H and O–H groups in total. The van der Waals surface area contributed by atoms with Gasteiger partial charge in [-0.05, 0) is 41.5 Å². The number of ether oxygens (including phenoxy) is 2. The Morgan fingerprint density at radius 2 is 1.07 bits per heavy atom. The summed E-state index contributed by atoms with van der Waals surface area (Å²) in [6.45, 7) is 2.08. The van der Waals surface area contributed by atoms with Gasteiger partial charge in [-0.25, -0.2) is 4.79 Å². The molecule has 0 atom stereocenters. The largest absolute Gasteiger partial charge is 0.456 e. The van der Waals surface area contributed by atoms with Crippen LogP contribution in [-0.4, -0.2) is 42.5 Å². The van der Waals surface area contributed by atoms with Gasteiger partial charge < -0.3 is 29.5 Å². The van der Waals surface area contributed by atoms with Gasteiger partial charge in [0.1, 0.15) is 11.5 Å². The van der Waals surface area contributed by atoms with Gasteiger partial charge >= 0.3 is 5.97 Å². The molecule has 0 aromatic heterocycles. The summed E-state index contributed by atoms with van der Waals surface area (Å²) in [5, 5.41) is 19.9. The Morgan fingerprint density at radius 1 is 0.587 bits per heavy atom. The Balaban J connectivity index is 0.00000372. The summed E-state index contributed by atoms with van der Waals surface area (Å²) in [6, 6.07) is 39.6. The van der Waals surface area contributed by atoms with Crippen LogP contribution in [0.5, 0.6) is 11.5 Å². The van der Waals surface area contributed by atoms with Crippen molar-refractivity contribution in [3.8, 4) is 11.5 Å². The topological polar surface area (TPSA) is 82.5 Å². The van der Waals surface area contributed by atoms with E-state index in [1.165, 1.54) is 0 Å². The highest BCUT2D eigenvalue weighted by Gasteiger charge is 2.53. The Hall–Kier alpha value is -5.11. The monoisotopic (exact) mass is 614 g/mol. The molecule has 0 aliphatic carbocycles. The first kappa shape index (κ1) is 30.9. The number of nitrogens with zero attached hydrogens (tertiary/aromatic N) is 2. The maximum absolute atomic E-state index is 13.4. The van der Waals surface area contributed by atoms with Crippen LogP contribution in [0.1, 0.15) is 45.6 Å². The number of hydrogen-bond acceptors (Lipinski definition) is 7.